The second-order valence-electron chi connectivity index (χ2n) is 5.63. The molecule has 0 saturated heterocycles. The van der Waals surface area contributed by atoms with E-state index in [4.69, 9.17) is 4.74 Å². The monoisotopic (exact) mass is 314 g/mol. The van der Waals surface area contributed by atoms with E-state index in [0.717, 1.165) is 42.0 Å². The van der Waals surface area contributed by atoms with Crippen LogP contribution in [0.25, 0.3) is 0 Å². The van der Waals surface area contributed by atoms with E-state index >= 15 is 0 Å². The van der Waals surface area contributed by atoms with Crippen molar-refractivity contribution >= 4 is 5.91 Å². The Morgan fingerprint density at radius 1 is 1.35 bits per heavy atom. The zero-order valence-electron chi connectivity index (χ0n) is 13.3. The van der Waals surface area contributed by atoms with Crippen LogP contribution in [0.15, 0.2) is 24.3 Å². The lowest BCUT2D eigenvalue weighted by Crippen LogP contribution is -2.28. The van der Waals surface area contributed by atoms with Gasteiger partial charge in [0.25, 0.3) is 5.91 Å². The van der Waals surface area contributed by atoms with Crippen molar-refractivity contribution in [2.75, 3.05) is 13.2 Å². The van der Waals surface area contributed by atoms with Gasteiger partial charge >= 0.3 is 0 Å². The quantitative estimate of drug-likeness (QED) is 0.759. The Morgan fingerprint density at radius 3 is 2.96 bits per heavy atom. The first-order chi connectivity index (χ1) is 11.3. The molecule has 1 aromatic carbocycles. The molecule has 6 heteroatoms. The number of H-pyrrole nitrogens is 1. The number of aromatic amines is 1. The maximum atomic E-state index is 12.3. The fraction of sp³-hybridized carbons (Fsp3) is 0.412. The minimum absolute atomic E-state index is 0.141. The van der Waals surface area contributed by atoms with Crippen molar-refractivity contribution in [2.24, 2.45) is 0 Å². The third-order valence-corrected chi connectivity index (χ3v) is 3.87. The van der Waals surface area contributed by atoms with Gasteiger partial charge in [0.2, 0.25) is 0 Å². The number of amides is 1. The fourth-order valence-electron chi connectivity index (χ4n) is 2.60. The van der Waals surface area contributed by atoms with Gasteiger partial charge in [-0.25, -0.2) is 0 Å². The molecule has 0 aliphatic carbocycles. The Labute approximate surface area is 135 Å². The normalized spacial score (nSPS) is 13.4. The van der Waals surface area contributed by atoms with E-state index in [1.54, 1.807) is 0 Å². The van der Waals surface area contributed by atoms with Crippen LogP contribution in [0, 0.1) is 0 Å². The van der Waals surface area contributed by atoms with E-state index in [1.807, 2.05) is 24.3 Å². The highest BCUT2D eigenvalue weighted by Crippen LogP contribution is 2.16. The number of benzene rings is 1. The zero-order chi connectivity index (χ0) is 16.1. The minimum atomic E-state index is -0.141. The molecule has 1 aliphatic heterocycles. The van der Waals surface area contributed by atoms with Crippen LogP contribution in [0.3, 0.4) is 0 Å². The maximum absolute atomic E-state index is 12.3. The maximum Gasteiger partial charge on any atom is 0.272 e. The first-order valence-electron chi connectivity index (χ1n) is 8.04. The molecule has 0 spiro atoms. The predicted octanol–water partition coefficient (Wildman–Crippen LogP) is 1.77. The van der Waals surface area contributed by atoms with Crippen molar-refractivity contribution in [3.8, 4) is 5.75 Å². The molecular weight excluding hydrogens is 292 g/mol. The SMILES string of the molecule is CCCOc1ccc(CNC(=O)c2n[nH]c3c2CNCC3)cc1. The Hall–Kier alpha value is -2.34. The molecular formula is C17H22N4O2. The summed E-state index contributed by atoms with van der Waals surface area (Å²) in [6.07, 6.45) is 1.87. The largest absolute Gasteiger partial charge is 0.494 e. The number of hydrogen-bond donors (Lipinski definition) is 3. The second kappa shape index (κ2) is 7.28. The number of hydrogen-bond acceptors (Lipinski definition) is 4. The fourth-order valence-corrected chi connectivity index (χ4v) is 2.60. The lowest BCUT2D eigenvalue weighted by atomic mass is 10.1. The summed E-state index contributed by atoms with van der Waals surface area (Å²) in [7, 11) is 0. The average Bonchev–Trinajstić information content (AvgIpc) is 3.03. The summed E-state index contributed by atoms with van der Waals surface area (Å²) in [5.74, 6) is 0.715. The standard InChI is InChI=1S/C17H22N4O2/c1-2-9-23-13-5-3-12(4-6-13)10-19-17(22)16-14-11-18-8-7-15(14)20-21-16/h3-6,18H,2,7-11H2,1H3,(H,19,22)(H,20,21). The van der Waals surface area contributed by atoms with Gasteiger partial charge in [-0.05, 0) is 24.1 Å². The van der Waals surface area contributed by atoms with E-state index < -0.39 is 0 Å². The average molecular weight is 314 g/mol. The van der Waals surface area contributed by atoms with Gasteiger partial charge < -0.3 is 15.4 Å². The Kier molecular flexibility index (Phi) is 4.92. The first kappa shape index (κ1) is 15.6. The lowest BCUT2D eigenvalue weighted by molar-refractivity contribution is 0.0944. The van der Waals surface area contributed by atoms with E-state index in [1.165, 1.54) is 0 Å². The molecule has 1 aliphatic rings. The number of carbonyl (C=O) groups is 1. The number of fused-ring (bicyclic) bond motifs is 1. The van der Waals surface area contributed by atoms with Gasteiger partial charge in [0, 0.05) is 37.3 Å². The van der Waals surface area contributed by atoms with E-state index in [-0.39, 0.29) is 5.91 Å². The highest BCUT2D eigenvalue weighted by molar-refractivity contribution is 5.94. The number of aromatic nitrogens is 2. The van der Waals surface area contributed by atoms with Crippen molar-refractivity contribution in [2.45, 2.75) is 32.9 Å². The highest BCUT2D eigenvalue weighted by atomic mass is 16.5. The molecule has 0 fully saturated rings. The molecule has 2 aromatic rings. The van der Waals surface area contributed by atoms with Gasteiger partial charge in [-0.15, -0.1) is 0 Å². The molecule has 0 saturated carbocycles. The molecule has 122 valence electrons. The van der Waals surface area contributed by atoms with Crippen LogP contribution in [-0.4, -0.2) is 29.3 Å². The van der Waals surface area contributed by atoms with Gasteiger partial charge in [0.1, 0.15) is 5.75 Å². The van der Waals surface area contributed by atoms with E-state index in [0.29, 0.717) is 25.4 Å². The molecule has 3 rings (SSSR count). The van der Waals surface area contributed by atoms with Crippen molar-refractivity contribution in [1.29, 1.82) is 0 Å². The van der Waals surface area contributed by atoms with Gasteiger partial charge in [0.15, 0.2) is 5.69 Å². The molecule has 3 N–H and O–H groups in total. The Bertz CT molecular complexity index is 664. The summed E-state index contributed by atoms with van der Waals surface area (Å²) >= 11 is 0. The van der Waals surface area contributed by atoms with Gasteiger partial charge in [-0.3, -0.25) is 9.89 Å². The molecule has 1 amide bonds. The second-order valence-corrected chi connectivity index (χ2v) is 5.63. The smallest absolute Gasteiger partial charge is 0.272 e. The summed E-state index contributed by atoms with van der Waals surface area (Å²) in [5.41, 5.74) is 3.57. The summed E-state index contributed by atoms with van der Waals surface area (Å²) in [6, 6.07) is 7.79. The highest BCUT2D eigenvalue weighted by Gasteiger charge is 2.21. The van der Waals surface area contributed by atoms with Gasteiger partial charge in [0.05, 0.1) is 6.61 Å². The topological polar surface area (TPSA) is 79.0 Å². The molecule has 0 atom stereocenters. The van der Waals surface area contributed by atoms with Crippen LogP contribution in [0.5, 0.6) is 5.75 Å². The van der Waals surface area contributed by atoms with Crippen molar-refractivity contribution in [1.82, 2.24) is 20.8 Å². The third kappa shape index (κ3) is 3.71. The molecule has 0 unspecified atom stereocenters. The minimum Gasteiger partial charge on any atom is -0.494 e. The first-order valence-corrected chi connectivity index (χ1v) is 8.04. The van der Waals surface area contributed by atoms with Crippen LogP contribution in [-0.2, 0) is 19.5 Å². The van der Waals surface area contributed by atoms with Gasteiger partial charge in [-0.1, -0.05) is 19.1 Å². The van der Waals surface area contributed by atoms with Crippen LogP contribution in [0.1, 0.15) is 40.7 Å². The third-order valence-electron chi connectivity index (χ3n) is 3.87. The number of carbonyl (C=O) groups excluding carboxylic acids is 1. The number of rotatable bonds is 6. The molecule has 6 nitrogen and oxygen atoms in total. The van der Waals surface area contributed by atoms with Crippen molar-refractivity contribution in [3.05, 3.63) is 46.8 Å². The molecule has 0 bridgehead atoms. The van der Waals surface area contributed by atoms with E-state index in [2.05, 4.69) is 27.8 Å². The van der Waals surface area contributed by atoms with Gasteiger partial charge in [-0.2, -0.15) is 5.10 Å². The van der Waals surface area contributed by atoms with Crippen molar-refractivity contribution in [3.63, 3.8) is 0 Å². The number of nitrogens with one attached hydrogen (secondary N) is 3. The van der Waals surface area contributed by atoms with E-state index in [9.17, 15) is 4.79 Å². The van der Waals surface area contributed by atoms with Crippen LogP contribution >= 0.6 is 0 Å². The van der Waals surface area contributed by atoms with Crippen molar-refractivity contribution < 1.29 is 9.53 Å². The van der Waals surface area contributed by atoms with Crippen LogP contribution in [0.4, 0.5) is 0 Å². The summed E-state index contributed by atoms with van der Waals surface area (Å²) < 4.78 is 5.55. The summed E-state index contributed by atoms with van der Waals surface area (Å²) in [4.78, 5) is 12.3. The zero-order valence-corrected chi connectivity index (χ0v) is 13.3. The van der Waals surface area contributed by atoms with Crippen LogP contribution in [0.2, 0.25) is 0 Å². The number of nitrogens with zero attached hydrogens (tertiary/aromatic N) is 1. The summed E-state index contributed by atoms with van der Waals surface area (Å²) in [5, 5.41) is 13.3. The lowest BCUT2D eigenvalue weighted by Gasteiger charge is -2.13. The predicted molar refractivity (Wildman–Crippen MR) is 87.4 cm³/mol. The molecule has 0 radical (unpaired) electrons. The molecule has 1 aromatic heterocycles. The molecule has 23 heavy (non-hydrogen) atoms. The Morgan fingerprint density at radius 2 is 2.17 bits per heavy atom. The van der Waals surface area contributed by atoms with Crippen LogP contribution < -0.4 is 15.4 Å². The Balaban J connectivity index is 1.57. The number of ether oxygens (including phenoxy) is 1. The molecule has 2 heterocycles. The summed E-state index contributed by atoms with van der Waals surface area (Å²) in [6.45, 7) is 4.88.